The van der Waals surface area contributed by atoms with Crippen LogP contribution in [0.2, 0.25) is 5.02 Å². The van der Waals surface area contributed by atoms with Gasteiger partial charge >= 0.3 is 0 Å². The number of rotatable bonds is 2. The Morgan fingerprint density at radius 3 is 2.81 bits per heavy atom. The molecule has 0 unspecified atom stereocenters. The second kappa shape index (κ2) is 5.50. The predicted molar refractivity (Wildman–Crippen MR) is 83.2 cm³/mol. The van der Waals surface area contributed by atoms with E-state index in [1.54, 1.807) is 36.4 Å². The molecule has 0 atom stereocenters. The predicted octanol–water partition coefficient (Wildman–Crippen LogP) is 3.66. The van der Waals surface area contributed by atoms with E-state index >= 15 is 0 Å². The zero-order chi connectivity index (χ0) is 15.0. The van der Waals surface area contributed by atoms with Gasteiger partial charge in [0.2, 0.25) is 0 Å². The summed E-state index contributed by atoms with van der Waals surface area (Å²) in [6.07, 6.45) is 0. The van der Waals surface area contributed by atoms with Crippen molar-refractivity contribution in [3.63, 3.8) is 0 Å². The van der Waals surface area contributed by atoms with Crippen LogP contribution in [0, 0.1) is 0 Å². The van der Waals surface area contributed by atoms with E-state index in [1.807, 2.05) is 0 Å². The molecule has 1 amide bonds. The lowest BCUT2D eigenvalue weighted by molar-refractivity contribution is -0.118. The number of anilines is 1. The number of hydrogen-bond donors (Lipinski definition) is 1. The minimum Gasteiger partial charge on any atom is -0.482 e. The molecule has 2 aromatic rings. The van der Waals surface area contributed by atoms with Crippen LogP contribution in [0.4, 0.5) is 5.69 Å². The number of ketones is 1. The topological polar surface area (TPSA) is 55.4 Å². The summed E-state index contributed by atoms with van der Waals surface area (Å²) in [6.45, 7) is -0.0150. The zero-order valence-electron chi connectivity index (χ0n) is 10.7. The quantitative estimate of drug-likeness (QED) is 0.825. The second-order valence-electron chi connectivity index (χ2n) is 4.50. The molecular weight excluding hydrogens is 358 g/mol. The Labute approximate surface area is 134 Å². The standard InChI is InChI=1S/C15H9BrClNO3/c16-9-2-3-10(11(17)6-9)15(20)8-1-4-13-12(5-8)18-14(19)7-21-13/h1-6H,7H2,(H,18,19). The fraction of sp³-hybridized carbons (Fsp3) is 0.0667. The Balaban J connectivity index is 1.98. The molecule has 106 valence electrons. The summed E-state index contributed by atoms with van der Waals surface area (Å²) in [7, 11) is 0. The minimum absolute atomic E-state index is 0.0150. The van der Waals surface area contributed by atoms with Gasteiger partial charge in [0.15, 0.2) is 12.4 Å². The van der Waals surface area contributed by atoms with Crippen LogP contribution in [-0.4, -0.2) is 18.3 Å². The van der Waals surface area contributed by atoms with Crippen molar-refractivity contribution < 1.29 is 14.3 Å². The lowest BCUT2D eigenvalue weighted by Gasteiger charge is -2.18. The van der Waals surface area contributed by atoms with Crippen LogP contribution in [0.15, 0.2) is 40.9 Å². The third-order valence-electron chi connectivity index (χ3n) is 3.05. The molecule has 0 saturated heterocycles. The highest BCUT2D eigenvalue weighted by atomic mass is 79.9. The van der Waals surface area contributed by atoms with Gasteiger partial charge < -0.3 is 10.1 Å². The molecule has 0 saturated carbocycles. The molecule has 0 fully saturated rings. The summed E-state index contributed by atoms with van der Waals surface area (Å²) in [4.78, 5) is 23.8. The van der Waals surface area contributed by atoms with E-state index in [0.717, 1.165) is 4.47 Å². The maximum absolute atomic E-state index is 12.5. The van der Waals surface area contributed by atoms with Crippen molar-refractivity contribution in [3.8, 4) is 5.75 Å². The van der Waals surface area contributed by atoms with Gasteiger partial charge in [-0.25, -0.2) is 0 Å². The highest BCUT2D eigenvalue weighted by molar-refractivity contribution is 9.10. The number of carbonyl (C=O) groups is 2. The molecule has 0 radical (unpaired) electrons. The number of amides is 1. The minimum atomic E-state index is -0.242. The van der Waals surface area contributed by atoms with Crippen molar-refractivity contribution in [1.29, 1.82) is 0 Å². The van der Waals surface area contributed by atoms with Gasteiger partial charge in [0.25, 0.3) is 5.91 Å². The largest absolute Gasteiger partial charge is 0.482 e. The van der Waals surface area contributed by atoms with Crippen molar-refractivity contribution in [2.24, 2.45) is 0 Å². The first-order valence-electron chi connectivity index (χ1n) is 6.11. The Morgan fingerprint density at radius 2 is 2.05 bits per heavy atom. The van der Waals surface area contributed by atoms with E-state index in [-0.39, 0.29) is 18.3 Å². The molecule has 0 aliphatic carbocycles. The Hall–Kier alpha value is -1.85. The van der Waals surface area contributed by atoms with Crippen molar-refractivity contribution >= 4 is 44.9 Å². The Bertz CT molecular complexity index is 761. The smallest absolute Gasteiger partial charge is 0.262 e. The molecule has 1 N–H and O–H groups in total. The Morgan fingerprint density at radius 1 is 1.24 bits per heavy atom. The van der Waals surface area contributed by atoms with E-state index in [0.29, 0.717) is 27.6 Å². The number of ether oxygens (including phenoxy) is 1. The fourth-order valence-corrected chi connectivity index (χ4v) is 2.81. The number of fused-ring (bicyclic) bond motifs is 1. The van der Waals surface area contributed by atoms with Crippen molar-refractivity contribution in [2.75, 3.05) is 11.9 Å². The zero-order valence-corrected chi connectivity index (χ0v) is 13.0. The van der Waals surface area contributed by atoms with E-state index in [1.165, 1.54) is 0 Å². The molecule has 6 heteroatoms. The molecule has 1 aliphatic heterocycles. The van der Waals surface area contributed by atoms with Crippen molar-refractivity contribution in [2.45, 2.75) is 0 Å². The molecule has 3 rings (SSSR count). The first-order chi connectivity index (χ1) is 10.0. The van der Waals surface area contributed by atoms with Gasteiger partial charge in [-0.05, 0) is 36.4 Å². The molecule has 2 aromatic carbocycles. The third kappa shape index (κ3) is 2.80. The SMILES string of the molecule is O=C1COc2ccc(C(=O)c3ccc(Br)cc3Cl)cc2N1. The summed E-state index contributed by atoms with van der Waals surface area (Å²) >= 11 is 9.39. The van der Waals surface area contributed by atoms with Gasteiger partial charge in [-0.3, -0.25) is 9.59 Å². The highest BCUT2D eigenvalue weighted by Gasteiger charge is 2.19. The summed E-state index contributed by atoms with van der Waals surface area (Å²) in [6, 6.07) is 9.97. The average molecular weight is 367 g/mol. The van der Waals surface area contributed by atoms with E-state index in [2.05, 4.69) is 21.2 Å². The highest BCUT2D eigenvalue weighted by Crippen LogP contribution is 2.30. The van der Waals surface area contributed by atoms with E-state index in [4.69, 9.17) is 16.3 Å². The molecular formula is C15H9BrClNO3. The number of hydrogen-bond acceptors (Lipinski definition) is 3. The average Bonchev–Trinajstić information content (AvgIpc) is 2.46. The molecule has 0 bridgehead atoms. The summed E-state index contributed by atoms with van der Waals surface area (Å²) < 4.78 is 6.06. The van der Waals surface area contributed by atoms with Crippen LogP contribution >= 0.6 is 27.5 Å². The second-order valence-corrected chi connectivity index (χ2v) is 5.82. The molecule has 4 nitrogen and oxygen atoms in total. The van der Waals surface area contributed by atoms with Crippen molar-refractivity contribution in [3.05, 3.63) is 57.0 Å². The Kier molecular flexibility index (Phi) is 3.69. The van der Waals surface area contributed by atoms with E-state index in [9.17, 15) is 9.59 Å². The van der Waals surface area contributed by atoms with Gasteiger partial charge in [0.1, 0.15) is 5.75 Å². The summed E-state index contributed by atoms with van der Waals surface area (Å²) in [5.74, 6) is 0.0944. The summed E-state index contributed by atoms with van der Waals surface area (Å²) in [5.41, 5.74) is 1.33. The lowest BCUT2D eigenvalue weighted by Crippen LogP contribution is -2.25. The van der Waals surface area contributed by atoms with Crippen LogP contribution in [0.1, 0.15) is 15.9 Å². The van der Waals surface area contributed by atoms with Gasteiger partial charge in [0.05, 0.1) is 10.7 Å². The van der Waals surface area contributed by atoms with Gasteiger partial charge in [0, 0.05) is 15.6 Å². The van der Waals surface area contributed by atoms with Crippen LogP contribution in [-0.2, 0) is 4.79 Å². The molecule has 1 heterocycles. The first kappa shape index (κ1) is 14.1. The fourth-order valence-electron chi connectivity index (χ4n) is 2.05. The third-order valence-corrected chi connectivity index (χ3v) is 3.86. The number of halogens is 2. The van der Waals surface area contributed by atoms with Gasteiger partial charge in [-0.2, -0.15) is 0 Å². The summed E-state index contributed by atoms with van der Waals surface area (Å²) in [5, 5.41) is 3.04. The lowest BCUT2D eigenvalue weighted by atomic mass is 10.0. The van der Waals surface area contributed by atoms with Gasteiger partial charge in [-0.15, -0.1) is 0 Å². The number of benzene rings is 2. The van der Waals surface area contributed by atoms with Gasteiger partial charge in [-0.1, -0.05) is 27.5 Å². The van der Waals surface area contributed by atoms with Crippen LogP contribution in [0.25, 0.3) is 0 Å². The molecule has 21 heavy (non-hydrogen) atoms. The number of carbonyl (C=O) groups excluding carboxylic acids is 2. The number of nitrogens with one attached hydrogen (secondary N) is 1. The maximum Gasteiger partial charge on any atom is 0.262 e. The monoisotopic (exact) mass is 365 g/mol. The molecule has 0 aromatic heterocycles. The van der Waals surface area contributed by atoms with Crippen LogP contribution in [0.3, 0.4) is 0 Å². The molecule has 1 aliphatic rings. The van der Waals surface area contributed by atoms with Crippen LogP contribution in [0.5, 0.6) is 5.75 Å². The maximum atomic E-state index is 12.5. The normalized spacial score (nSPS) is 13.1. The van der Waals surface area contributed by atoms with Crippen molar-refractivity contribution in [1.82, 2.24) is 0 Å². The van der Waals surface area contributed by atoms with E-state index < -0.39 is 0 Å². The first-order valence-corrected chi connectivity index (χ1v) is 7.28. The van der Waals surface area contributed by atoms with Crippen LogP contribution < -0.4 is 10.1 Å². The molecule has 0 spiro atoms.